The van der Waals surface area contributed by atoms with Crippen molar-refractivity contribution >= 4 is 24.0 Å². The highest BCUT2D eigenvalue weighted by atomic mass is 35.5. The molecule has 0 spiro atoms. The molecule has 1 aromatic carbocycles. The number of hydrogen-bond acceptors (Lipinski definition) is 2. The number of fused-ring (bicyclic) bond motifs is 1. The minimum Gasteiger partial charge on any atom is -0.491 e. The summed E-state index contributed by atoms with van der Waals surface area (Å²) in [6, 6.07) is 5.50. The summed E-state index contributed by atoms with van der Waals surface area (Å²) in [4.78, 5) is 0. The molecular formula is C8H9Cl2NO. The minimum atomic E-state index is -0.0105. The van der Waals surface area contributed by atoms with Crippen LogP contribution in [0.4, 0.5) is 0 Å². The van der Waals surface area contributed by atoms with E-state index in [9.17, 15) is 0 Å². The molecule has 0 bridgehead atoms. The SMILES string of the molecule is Cl.N[C@@H]1COc2ccc(Cl)cc21. The predicted molar refractivity (Wildman–Crippen MR) is 51.1 cm³/mol. The molecule has 1 atom stereocenters. The monoisotopic (exact) mass is 205 g/mol. The van der Waals surface area contributed by atoms with E-state index in [4.69, 9.17) is 22.1 Å². The van der Waals surface area contributed by atoms with Gasteiger partial charge in [-0.25, -0.2) is 0 Å². The molecule has 0 saturated carbocycles. The van der Waals surface area contributed by atoms with E-state index >= 15 is 0 Å². The zero-order chi connectivity index (χ0) is 7.84. The molecule has 2 rings (SSSR count). The second kappa shape index (κ2) is 3.52. The molecule has 2 N–H and O–H groups in total. The molecule has 2 nitrogen and oxygen atoms in total. The normalized spacial score (nSPS) is 19.3. The van der Waals surface area contributed by atoms with Crippen LogP contribution in [0.2, 0.25) is 5.02 Å². The van der Waals surface area contributed by atoms with Gasteiger partial charge in [-0.3, -0.25) is 0 Å². The summed E-state index contributed by atoms with van der Waals surface area (Å²) in [6.45, 7) is 0.565. The first-order valence-corrected chi connectivity index (χ1v) is 3.83. The lowest BCUT2D eigenvalue weighted by atomic mass is 10.1. The molecule has 0 amide bonds. The molecule has 0 aliphatic carbocycles. The van der Waals surface area contributed by atoms with Crippen LogP contribution in [-0.4, -0.2) is 6.61 Å². The molecule has 4 heteroatoms. The van der Waals surface area contributed by atoms with Crippen LogP contribution in [0.15, 0.2) is 18.2 Å². The third-order valence-electron chi connectivity index (χ3n) is 1.79. The summed E-state index contributed by atoms with van der Waals surface area (Å²) in [7, 11) is 0. The van der Waals surface area contributed by atoms with Crippen LogP contribution in [-0.2, 0) is 0 Å². The molecule has 1 aliphatic heterocycles. The van der Waals surface area contributed by atoms with Crippen LogP contribution in [0.5, 0.6) is 5.75 Å². The highest BCUT2D eigenvalue weighted by Crippen LogP contribution is 2.32. The fraction of sp³-hybridized carbons (Fsp3) is 0.250. The average molecular weight is 206 g/mol. The van der Waals surface area contributed by atoms with Gasteiger partial charge in [0.2, 0.25) is 0 Å². The van der Waals surface area contributed by atoms with Crippen LogP contribution in [0, 0.1) is 0 Å². The quantitative estimate of drug-likeness (QED) is 0.705. The topological polar surface area (TPSA) is 35.2 Å². The van der Waals surface area contributed by atoms with E-state index < -0.39 is 0 Å². The van der Waals surface area contributed by atoms with E-state index in [0.717, 1.165) is 11.3 Å². The number of benzene rings is 1. The van der Waals surface area contributed by atoms with Gasteiger partial charge in [-0.15, -0.1) is 12.4 Å². The zero-order valence-electron chi connectivity index (χ0n) is 6.29. The van der Waals surface area contributed by atoms with Gasteiger partial charge in [0.15, 0.2) is 0 Å². The number of halogens is 2. The van der Waals surface area contributed by atoms with Crippen molar-refractivity contribution in [1.82, 2.24) is 0 Å². The highest BCUT2D eigenvalue weighted by molar-refractivity contribution is 6.30. The first-order valence-electron chi connectivity index (χ1n) is 3.45. The van der Waals surface area contributed by atoms with E-state index in [-0.39, 0.29) is 18.4 Å². The molecule has 0 radical (unpaired) electrons. The van der Waals surface area contributed by atoms with Crippen LogP contribution in [0.1, 0.15) is 11.6 Å². The second-order valence-corrected chi connectivity index (χ2v) is 3.04. The van der Waals surface area contributed by atoms with E-state index in [1.165, 1.54) is 0 Å². The molecule has 1 aliphatic rings. The Kier molecular flexibility index (Phi) is 2.83. The summed E-state index contributed by atoms with van der Waals surface area (Å²) in [6.07, 6.45) is 0. The van der Waals surface area contributed by atoms with Crippen molar-refractivity contribution < 1.29 is 4.74 Å². The first kappa shape index (κ1) is 9.65. The molecule has 0 unspecified atom stereocenters. The van der Waals surface area contributed by atoms with Crippen molar-refractivity contribution in [2.45, 2.75) is 6.04 Å². The maximum atomic E-state index is 5.78. The smallest absolute Gasteiger partial charge is 0.124 e. The van der Waals surface area contributed by atoms with Gasteiger partial charge in [-0.2, -0.15) is 0 Å². The minimum absolute atomic E-state index is 0. The zero-order valence-corrected chi connectivity index (χ0v) is 7.86. The summed E-state index contributed by atoms with van der Waals surface area (Å²) in [5.74, 6) is 0.863. The van der Waals surface area contributed by atoms with Gasteiger partial charge in [-0.1, -0.05) is 11.6 Å². The Morgan fingerprint density at radius 3 is 3.00 bits per heavy atom. The molecule has 12 heavy (non-hydrogen) atoms. The van der Waals surface area contributed by atoms with Gasteiger partial charge in [-0.05, 0) is 18.2 Å². The third-order valence-corrected chi connectivity index (χ3v) is 2.02. The van der Waals surface area contributed by atoms with E-state index in [0.29, 0.717) is 11.6 Å². The molecule has 0 fully saturated rings. The Morgan fingerprint density at radius 1 is 1.50 bits per heavy atom. The molecule has 1 heterocycles. The van der Waals surface area contributed by atoms with Gasteiger partial charge in [0.05, 0.1) is 6.04 Å². The average Bonchev–Trinajstić information content (AvgIpc) is 2.33. The Labute approximate surface area is 82.1 Å². The summed E-state index contributed by atoms with van der Waals surface area (Å²) >= 11 is 5.78. The van der Waals surface area contributed by atoms with Crippen molar-refractivity contribution in [3.05, 3.63) is 28.8 Å². The highest BCUT2D eigenvalue weighted by Gasteiger charge is 2.19. The van der Waals surface area contributed by atoms with Crippen LogP contribution >= 0.6 is 24.0 Å². The lowest BCUT2D eigenvalue weighted by Crippen LogP contribution is -2.10. The van der Waals surface area contributed by atoms with Crippen molar-refractivity contribution in [1.29, 1.82) is 0 Å². The van der Waals surface area contributed by atoms with Crippen molar-refractivity contribution in [2.24, 2.45) is 5.73 Å². The fourth-order valence-electron chi connectivity index (χ4n) is 1.21. The first-order chi connectivity index (χ1) is 5.27. The molecular weight excluding hydrogens is 197 g/mol. The van der Waals surface area contributed by atoms with Crippen LogP contribution in [0.25, 0.3) is 0 Å². The maximum Gasteiger partial charge on any atom is 0.124 e. The number of ether oxygens (including phenoxy) is 1. The maximum absolute atomic E-state index is 5.78. The lowest BCUT2D eigenvalue weighted by molar-refractivity contribution is 0.333. The van der Waals surface area contributed by atoms with E-state index in [1.54, 1.807) is 6.07 Å². The van der Waals surface area contributed by atoms with Crippen molar-refractivity contribution in [3.8, 4) is 5.75 Å². The van der Waals surface area contributed by atoms with E-state index in [1.807, 2.05) is 12.1 Å². The molecule has 0 saturated heterocycles. The van der Waals surface area contributed by atoms with Gasteiger partial charge >= 0.3 is 0 Å². The largest absolute Gasteiger partial charge is 0.491 e. The van der Waals surface area contributed by atoms with Crippen LogP contribution < -0.4 is 10.5 Å². The Hall–Kier alpha value is -0.440. The summed E-state index contributed by atoms with van der Waals surface area (Å²) in [5, 5.41) is 0.713. The lowest BCUT2D eigenvalue weighted by Gasteiger charge is -1.99. The number of nitrogens with two attached hydrogens (primary N) is 1. The van der Waals surface area contributed by atoms with Gasteiger partial charge in [0.25, 0.3) is 0 Å². The van der Waals surface area contributed by atoms with Gasteiger partial charge in [0, 0.05) is 10.6 Å². The fourth-order valence-corrected chi connectivity index (χ4v) is 1.39. The number of rotatable bonds is 0. The predicted octanol–water partition coefficient (Wildman–Crippen LogP) is 2.15. The molecule has 0 aromatic heterocycles. The Bertz CT molecular complexity index is 290. The van der Waals surface area contributed by atoms with E-state index in [2.05, 4.69) is 0 Å². The van der Waals surface area contributed by atoms with Crippen LogP contribution in [0.3, 0.4) is 0 Å². The summed E-state index contributed by atoms with van der Waals surface area (Å²) < 4.78 is 5.28. The number of hydrogen-bond donors (Lipinski definition) is 1. The van der Waals surface area contributed by atoms with Gasteiger partial charge < -0.3 is 10.5 Å². The molecule has 66 valence electrons. The Morgan fingerprint density at radius 2 is 2.25 bits per heavy atom. The van der Waals surface area contributed by atoms with Crippen molar-refractivity contribution in [3.63, 3.8) is 0 Å². The third kappa shape index (κ3) is 1.51. The Balaban J connectivity index is 0.000000720. The second-order valence-electron chi connectivity index (χ2n) is 2.60. The van der Waals surface area contributed by atoms with Crippen molar-refractivity contribution in [2.75, 3.05) is 6.61 Å². The summed E-state index contributed by atoms with van der Waals surface area (Å²) in [5.41, 5.74) is 6.74. The molecule has 1 aromatic rings. The van der Waals surface area contributed by atoms with Gasteiger partial charge in [0.1, 0.15) is 12.4 Å². The standard InChI is InChI=1S/C8H8ClNO.ClH/c9-5-1-2-8-6(3-5)7(10)4-11-8;/h1-3,7H,4,10H2;1H/t7-;/m1./s1.